The lowest BCUT2D eigenvalue weighted by Crippen LogP contribution is -2.47. The summed E-state index contributed by atoms with van der Waals surface area (Å²) in [5.74, 6) is -0.223. The van der Waals surface area contributed by atoms with Crippen LogP contribution in [0.15, 0.2) is 24.3 Å². The van der Waals surface area contributed by atoms with Gasteiger partial charge < -0.3 is 10.1 Å². The Kier molecular flexibility index (Phi) is 6.17. The maximum Gasteiger partial charge on any atom is 0.387 e. The molecule has 1 saturated carbocycles. The summed E-state index contributed by atoms with van der Waals surface area (Å²) in [6.07, 6.45) is 2.09. The molecule has 1 aliphatic heterocycles. The van der Waals surface area contributed by atoms with Crippen molar-refractivity contribution in [2.45, 2.75) is 50.4 Å². The second kappa shape index (κ2) is 8.57. The Morgan fingerprint density at radius 1 is 1.30 bits per heavy atom. The average Bonchev–Trinajstić information content (AvgIpc) is 3.06. The van der Waals surface area contributed by atoms with Crippen LogP contribution in [0.5, 0.6) is 5.75 Å². The predicted octanol–water partition coefficient (Wildman–Crippen LogP) is 1.24. The molecule has 8 nitrogen and oxygen atoms in total. The van der Waals surface area contributed by atoms with Crippen LogP contribution in [0.4, 0.5) is 8.78 Å². The molecule has 0 aromatic heterocycles. The number of amides is 1. The zero-order chi connectivity index (χ0) is 19.4. The Bertz CT molecular complexity index is 673. The van der Waals surface area contributed by atoms with E-state index in [1.807, 2.05) is 0 Å². The standard InChI is InChI=1S/C17H22F2N4O4/c18-17(19)27-12-4-1-10(2-5-12)7-8-20-16(24)15-13-9-11(23(25)26)3-6-14(13)21-22-15/h1-2,4-5,11,13-15,17,21-22H,3,6-9H2,(H,20,24). The molecule has 1 aromatic carbocycles. The molecule has 0 radical (unpaired) electrons. The Morgan fingerprint density at radius 2 is 2.04 bits per heavy atom. The molecule has 1 saturated heterocycles. The number of fused-ring (bicyclic) bond motifs is 1. The number of hydrogen-bond acceptors (Lipinski definition) is 6. The topological polar surface area (TPSA) is 106 Å². The number of carbonyl (C=O) groups excluding carboxylic acids is 1. The van der Waals surface area contributed by atoms with Crippen LogP contribution in [0.1, 0.15) is 24.8 Å². The third kappa shape index (κ3) is 4.89. The van der Waals surface area contributed by atoms with Gasteiger partial charge in [-0.2, -0.15) is 8.78 Å². The molecule has 1 amide bonds. The van der Waals surface area contributed by atoms with Gasteiger partial charge in [-0.25, -0.2) is 5.43 Å². The maximum absolute atomic E-state index is 12.5. The van der Waals surface area contributed by atoms with Crippen LogP contribution >= 0.6 is 0 Å². The van der Waals surface area contributed by atoms with E-state index in [0.717, 1.165) is 5.56 Å². The van der Waals surface area contributed by atoms with Crippen molar-refractivity contribution in [2.75, 3.05) is 6.54 Å². The second-order valence-corrected chi connectivity index (χ2v) is 6.85. The highest BCUT2D eigenvalue weighted by Gasteiger charge is 2.46. The van der Waals surface area contributed by atoms with Crippen LogP contribution < -0.4 is 20.9 Å². The number of nitrogens with zero attached hydrogens (tertiary/aromatic N) is 1. The van der Waals surface area contributed by atoms with Gasteiger partial charge in [0.2, 0.25) is 11.9 Å². The molecule has 1 aromatic rings. The molecule has 148 valence electrons. The molecular weight excluding hydrogens is 362 g/mol. The summed E-state index contributed by atoms with van der Waals surface area (Å²) >= 11 is 0. The molecule has 4 unspecified atom stereocenters. The zero-order valence-electron chi connectivity index (χ0n) is 14.6. The molecule has 1 heterocycles. The molecule has 10 heteroatoms. The second-order valence-electron chi connectivity index (χ2n) is 6.85. The van der Waals surface area contributed by atoms with Crippen LogP contribution in [0, 0.1) is 16.0 Å². The Balaban J connectivity index is 1.47. The fourth-order valence-corrected chi connectivity index (χ4v) is 3.76. The zero-order valence-corrected chi connectivity index (χ0v) is 14.6. The first-order valence-corrected chi connectivity index (χ1v) is 8.90. The van der Waals surface area contributed by atoms with E-state index in [4.69, 9.17) is 0 Å². The summed E-state index contributed by atoms with van der Waals surface area (Å²) in [6, 6.07) is 5.21. The fourth-order valence-electron chi connectivity index (χ4n) is 3.76. The lowest BCUT2D eigenvalue weighted by Gasteiger charge is -2.28. The molecule has 2 fully saturated rings. The number of nitro groups is 1. The highest BCUT2D eigenvalue weighted by molar-refractivity contribution is 5.82. The smallest absolute Gasteiger partial charge is 0.387 e. The minimum absolute atomic E-state index is 0.0688. The summed E-state index contributed by atoms with van der Waals surface area (Å²) in [5, 5.41) is 13.9. The number of rotatable bonds is 7. The van der Waals surface area contributed by atoms with Crippen LogP contribution in [0.25, 0.3) is 0 Å². The first kappa shape index (κ1) is 19.4. The van der Waals surface area contributed by atoms with Gasteiger partial charge in [0, 0.05) is 36.3 Å². The van der Waals surface area contributed by atoms with E-state index in [9.17, 15) is 23.7 Å². The Labute approximate surface area is 154 Å². The Morgan fingerprint density at radius 3 is 2.70 bits per heavy atom. The first-order valence-electron chi connectivity index (χ1n) is 8.90. The summed E-state index contributed by atoms with van der Waals surface area (Å²) < 4.78 is 28.5. The van der Waals surface area contributed by atoms with Gasteiger partial charge in [-0.15, -0.1) is 0 Å². The van der Waals surface area contributed by atoms with Crippen molar-refractivity contribution in [3.05, 3.63) is 39.9 Å². The quantitative estimate of drug-likeness (QED) is 0.483. The van der Waals surface area contributed by atoms with Gasteiger partial charge in [0.05, 0.1) is 0 Å². The van der Waals surface area contributed by atoms with Crippen molar-refractivity contribution in [1.29, 1.82) is 0 Å². The molecule has 4 atom stereocenters. The van der Waals surface area contributed by atoms with Crippen molar-refractivity contribution < 1.29 is 23.2 Å². The number of carbonyl (C=O) groups is 1. The van der Waals surface area contributed by atoms with Crippen LogP contribution in [0.2, 0.25) is 0 Å². The minimum Gasteiger partial charge on any atom is -0.435 e. The predicted molar refractivity (Wildman–Crippen MR) is 91.8 cm³/mol. The van der Waals surface area contributed by atoms with Crippen molar-refractivity contribution in [3.8, 4) is 5.75 Å². The van der Waals surface area contributed by atoms with Crippen molar-refractivity contribution in [2.24, 2.45) is 5.92 Å². The van der Waals surface area contributed by atoms with Crippen molar-refractivity contribution >= 4 is 5.91 Å². The lowest BCUT2D eigenvalue weighted by atomic mass is 9.79. The number of benzene rings is 1. The number of nitrogens with one attached hydrogen (secondary N) is 3. The lowest BCUT2D eigenvalue weighted by molar-refractivity contribution is -0.528. The highest BCUT2D eigenvalue weighted by Crippen LogP contribution is 2.31. The number of hydrazine groups is 1. The average molecular weight is 384 g/mol. The van der Waals surface area contributed by atoms with E-state index in [1.165, 1.54) is 12.1 Å². The first-order chi connectivity index (χ1) is 12.9. The van der Waals surface area contributed by atoms with E-state index >= 15 is 0 Å². The van der Waals surface area contributed by atoms with E-state index in [2.05, 4.69) is 20.9 Å². The molecule has 27 heavy (non-hydrogen) atoms. The normalized spacial score (nSPS) is 27.2. The largest absolute Gasteiger partial charge is 0.435 e. The maximum atomic E-state index is 12.5. The SMILES string of the molecule is O=C(NCCc1ccc(OC(F)F)cc1)C1NNC2CCC([N+](=O)[O-])CC21. The third-order valence-corrected chi connectivity index (χ3v) is 5.17. The van der Waals surface area contributed by atoms with Gasteiger partial charge in [0.1, 0.15) is 11.8 Å². The summed E-state index contributed by atoms with van der Waals surface area (Å²) in [4.78, 5) is 23.2. The van der Waals surface area contributed by atoms with E-state index < -0.39 is 18.7 Å². The third-order valence-electron chi connectivity index (χ3n) is 5.17. The monoisotopic (exact) mass is 384 g/mol. The van der Waals surface area contributed by atoms with E-state index in [0.29, 0.717) is 32.2 Å². The van der Waals surface area contributed by atoms with Gasteiger partial charge in [-0.3, -0.25) is 20.3 Å². The van der Waals surface area contributed by atoms with Crippen LogP contribution in [-0.2, 0) is 11.2 Å². The van der Waals surface area contributed by atoms with Gasteiger partial charge >= 0.3 is 6.61 Å². The summed E-state index contributed by atoms with van der Waals surface area (Å²) in [5.41, 5.74) is 6.90. The summed E-state index contributed by atoms with van der Waals surface area (Å²) in [6.45, 7) is -2.48. The van der Waals surface area contributed by atoms with Gasteiger partial charge in [-0.1, -0.05) is 12.1 Å². The van der Waals surface area contributed by atoms with Crippen molar-refractivity contribution in [3.63, 3.8) is 0 Å². The van der Waals surface area contributed by atoms with Crippen LogP contribution in [-0.4, -0.2) is 42.1 Å². The number of halogens is 2. The van der Waals surface area contributed by atoms with Crippen LogP contribution in [0.3, 0.4) is 0 Å². The summed E-state index contributed by atoms with van der Waals surface area (Å²) in [7, 11) is 0. The van der Waals surface area contributed by atoms with Gasteiger partial charge in [0.15, 0.2) is 0 Å². The van der Waals surface area contributed by atoms with E-state index in [1.54, 1.807) is 12.1 Å². The highest BCUT2D eigenvalue weighted by atomic mass is 19.3. The molecular formula is C17H22F2N4O4. The van der Waals surface area contributed by atoms with Gasteiger partial charge in [-0.05, 0) is 30.5 Å². The minimum atomic E-state index is -2.86. The molecule has 3 rings (SSSR count). The van der Waals surface area contributed by atoms with Crippen molar-refractivity contribution in [1.82, 2.24) is 16.2 Å². The number of ether oxygens (including phenoxy) is 1. The fraction of sp³-hybridized carbons (Fsp3) is 0.588. The molecule has 1 aliphatic carbocycles. The van der Waals surface area contributed by atoms with Gasteiger partial charge in [0.25, 0.3) is 0 Å². The molecule has 2 aliphatic rings. The number of alkyl halides is 2. The Hall–Kier alpha value is -2.33. The molecule has 0 bridgehead atoms. The number of hydrogen-bond donors (Lipinski definition) is 3. The molecule has 0 spiro atoms. The molecule has 3 N–H and O–H groups in total. The van der Waals surface area contributed by atoms with E-state index in [-0.39, 0.29) is 28.5 Å².